The van der Waals surface area contributed by atoms with Crippen molar-refractivity contribution >= 4 is 11.9 Å². The molecular formula is C10H16O5. The molecule has 5 heteroatoms. The Morgan fingerprint density at radius 2 is 1.80 bits per heavy atom. The van der Waals surface area contributed by atoms with E-state index in [1.165, 1.54) is 6.92 Å². The van der Waals surface area contributed by atoms with E-state index in [4.69, 9.17) is 9.84 Å². The van der Waals surface area contributed by atoms with Crippen LogP contribution in [0.1, 0.15) is 20.8 Å². The molecule has 5 nitrogen and oxygen atoms in total. The molecule has 0 aliphatic carbocycles. The van der Waals surface area contributed by atoms with Gasteiger partial charge >= 0.3 is 11.9 Å². The second-order valence-electron chi connectivity index (χ2n) is 2.78. The number of aliphatic hydroxyl groups is 1. The molecule has 0 saturated carbocycles. The van der Waals surface area contributed by atoms with Crippen LogP contribution >= 0.6 is 0 Å². The molecule has 0 aliphatic rings. The number of hydrogen-bond acceptors (Lipinski definition) is 5. The average Bonchev–Trinajstić information content (AvgIpc) is 2.19. The van der Waals surface area contributed by atoms with E-state index < -0.39 is 17.9 Å². The highest BCUT2D eigenvalue weighted by atomic mass is 16.5. The number of carbonyl (C=O) groups is 2. The summed E-state index contributed by atoms with van der Waals surface area (Å²) in [6, 6.07) is 0. The van der Waals surface area contributed by atoms with Crippen LogP contribution in [0.2, 0.25) is 0 Å². The van der Waals surface area contributed by atoms with E-state index in [9.17, 15) is 9.59 Å². The van der Waals surface area contributed by atoms with Crippen molar-refractivity contribution in [3.63, 3.8) is 0 Å². The minimum absolute atomic E-state index is 0.102. The first-order valence-electron chi connectivity index (χ1n) is 4.76. The lowest BCUT2D eigenvalue weighted by Gasteiger charge is -2.12. The van der Waals surface area contributed by atoms with Crippen LogP contribution < -0.4 is 0 Å². The molecule has 86 valence electrons. The number of carbonyl (C=O) groups excluding carboxylic acids is 2. The Bertz CT molecular complexity index is 257. The van der Waals surface area contributed by atoms with Gasteiger partial charge in [-0.1, -0.05) is 0 Å². The molecule has 0 amide bonds. The lowest BCUT2D eigenvalue weighted by molar-refractivity contribution is -0.149. The van der Waals surface area contributed by atoms with Gasteiger partial charge in [-0.15, -0.1) is 0 Å². The van der Waals surface area contributed by atoms with Crippen molar-refractivity contribution in [2.24, 2.45) is 5.92 Å². The first-order chi connectivity index (χ1) is 7.08. The largest absolute Gasteiger partial charge is 0.515 e. The Balaban J connectivity index is 4.55. The van der Waals surface area contributed by atoms with E-state index in [0.29, 0.717) is 6.26 Å². The predicted molar refractivity (Wildman–Crippen MR) is 53.1 cm³/mol. The maximum atomic E-state index is 11.3. The fourth-order valence-electron chi connectivity index (χ4n) is 0.950. The quantitative estimate of drug-likeness (QED) is 0.424. The summed E-state index contributed by atoms with van der Waals surface area (Å²) in [7, 11) is 0. The molecule has 0 aromatic rings. The van der Waals surface area contributed by atoms with Crippen LogP contribution in [0.5, 0.6) is 0 Å². The Labute approximate surface area is 88.7 Å². The Kier molecular flexibility index (Phi) is 6.17. The summed E-state index contributed by atoms with van der Waals surface area (Å²) >= 11 is 0. The molecule has 1 N–H and O–H groups in total. The number of esters is 2. The van der Waals surface area contributed by atoms with Crippen LogP contribution in [0.3, 0.4) is 0 Å². The zero-order valence-corrected chi connectivity index (χ0v) is 9.15. The van der Waals surface area contributed by atoms with Crippen molar-refractivity contribution in [1.29, 1.82) is 0 Å². The molecule has 15 heavy (non-hydrogen) atoms. The van der Waals surface area contributed by atoms with E-state index in [0.717, 1.165) is 0 Å². The van der Waals surface area contributed by atoms with Crippen LogP contribution in [0.4, 0.5) is 0 Å². The van der Waals surface area contributed by atoms with Gasteiger partial charge in [-0.2, -0.15) is 0 Å². The SMILES string of the molecule is CCOC(=O)C(=CO)C(C)C(=O)OCC. The molecule has 0 aliphatic heterocycles. The molecule has 0 saturated heterocycles. The van der Waals surface area contributed by atoms with Gasteiger partial charge in [0.1, 0.15) is 0 Å². The summed E-state index contributed by atoms with van der Waals surface area (Å²) in [4.78, 5) is 22.5. The highest BCUT2D eigenvalue weighted by Gasteiger charge is 2.25. The summed E-state index contributed by atoms with van der Waals surface area (Å²) in [6.45, 7) is 5.19. The normalized spacial score (nSPS) is 13.1. The lowest BCUT2D eigenvalue weighted by Crippen LogP contribution is -2.23. The van der Waals surface area contributed by atoms with Crippen molar-refractivity contribution in [3.05, 3.63) is 11.8 Å². The lowest BCUT2D eigenvalue weighted by atomic mass is 10.0. The van der Waals surface area contributed by atoms with Gasteiger partial charge in [0.2, 0.25) is 0 Å². The van der Waals surface area contributed by atoms with E-state index in [2.05, 4.69) is 4.74 Å². The zero-order valence-electron chi connectivity index (χ0n) is 9.15. The summed E-state index contributed by atoms with van der Waals surface area (Å²) < 4.78 is 9.39. The standard InChI is InChI=1S/C10H16O5/c1-4-14-9(12)7(3)8(6-11)10(13)15-5-2/h6-7,11H,4-5H2,1-3H3. The van der Waals surface area contributed by atoms with E-state index in [1.807, 2.05) is 0 Å². The van der Waals surface area contributed by atoms with Crippen LogP contribution in [0.15, 0.2) is 11.8 Å². The third-order valence-corrected chi connectivity index (χ3v) is 1.76. The minimum Gasteiger partial charge on any atom is -0.515 e. The Morgan fingerprint density at radius 3 is 2.20 bits per heavy atom. The van der Waals surface area contributed by atoms with E-state index >= 15 is 0 Å². The smallest absolute Gasteiger partial charge is 0.337 e. The van der Waals surface area contributed by atoms with E-state index in [1.54, 1.807) is 13.8 Å². The highest BCUT2D eigenvalue weighted by Crippen LogP contribution is 2.13. The van der Waals surface area contributed by atoms with Gasteiger partial charge in [-0.3, -0.25) is 4.79 Å². The molecule has 0 aromatic carbocycles. The molecule has 0 fully saturated rings. The fourth-order valence-corrected chi connectivity index (χ4v) is 0.950. The van der Waals surface area contributed by atoms with Gasteiger partial charge in [0.25, 0.3) is 0 Å². The summed E-state index contributed by atoms with van der Waals surface area (Å²) in [5, 5.41) is 8.84. The molecule has 0 spiro atoms. The van der Waals surface area contributed by atoms with Crippen molar-refractivity contribution in [2.45, 2.75) is 20.8 Å². The first-order valence-corrected chi connectivity index (χ1v) is 4.76. The molecule has 1 unspecified atom stereocenters. The maximum Gasteiger partial charge on any atom is 0.337 e. The average molecular weight is 216 g/mol. The second-order valence-corrected chi connectivity index (χ2v) is 2.78. The highest BCUT2D eigenvalue weighted by molar-refractivity contribution is 5.95. The number of hydrogen-bond donors (Lipinski definition) is 1. The third-order valence-electron chi connectivity index (χ3n) is 1.76. The maximum absolute atomic E-state index is 11.3. The molecule has 0 aromatic heterocycles. The van der Waals surface area contributed by atoms with Gasteiger partial charge in [0.15, 0.2) is 0 Å². The van der Waals surface area contributed by atoms with E-state index in [-0.39, 0.29) is 18.8 Å². The molecular weight excluding hydrogens is 200 g/mol. The summed E-state index contributed by atoms with van der Waals surface area (Å²) in [5.41, 5.74) is -0.102. The number of ether oxygens (including phenoxy) is 2. The minimum atomic E-state index is -0.825. The van der Waals surface area contributed by atoms with Crippen LogP contribution in [-0.4, -0.2) is 30.3 Å². The van der Waals surface area contributed by atoms with Crippen molar-refractivity contribution in [1.82, 2.24) is 0 Å². The van der Waals surface area contributed by atoms with Crippen LogP contribution in [0.25, 0.3) is 0 Å². The Hall–Kier alpha value is -1.52. The summed E-state index contributed by atoms with van der Waals surface area (Å²) in [6.07, 6.45) is 0.583. The Morgan fingerprint density at radius 1 is 1.27 bits per heavy atom. The number of aliphatic hydroxyl groups excluding tert-OH is 1. The van der Waals surface area contributed by atoms with Crippen LogP contribution in [-0.2, 0) is 19.1 Å². The molecule has 0 radical (unpaired) electrons. The van der Waals surface area contributed by atoms with Gasteiger partial charge < -0.3 is 14.6 Å². The zero-order chi connectivity index (χ0) is 11.8. The molecule has 0 rings (SSSR count). The van der Waals surface area contributed by atoms with Crippen molar-refractivity contribution in [3.8, 4) is 0 Å². The summed E-state index contributed by atoms with van der Waals surface area (Å²) in [5.74, 6) is -2.10. The second kappa shape index (κ2) is 6.86. The first kappa shape index (κ1) is 13.5. The monoisotopic (exact) mass is 216 g/mol. The van der Waals surface area contributed by atoms with Gasteiger partial charge in [0, 0.05) is 0 Å². The van der Waals surface area contributed by atoms with Crippen molar-refractivity contribution < 1.29 is 24.2 Å². The van der Waals surface area contributed by atoms with Crippen molar-refractivity contribution in [2.75, 3.05) is 13.2 Å². The molecule has 0 heterocycles. The van der Waals surface area contributed by atoms with Crippen LogP contribution in [0, 0.1) is 5.92 Å². The topological polar surface area (TPSA) is 72.8 Å². The third kappa shape index (κ3) is 4.01. The molecule has 1 atom stereocenters. The van der Waals surface area contributed by atoms with Gasteiger partial charge in [0.05, 0.1) is 31.0 Å². The number of rotatable bonds is 5. The molecule has 0 bridgehead atoms. The van der Waals surface area contributed by atoms with Gasteiger partial charge in [-0.25, -0.2) is 4.79 Å². The fraction of sp³-hybridized carbons (Fsp3) is 0.600. The van der Waals surface area contributed by atoms with Gasteiger partial charge in [-0.05, 0) is 20.8 Å². The predicted octanol–water partition coefficient (Wildman–Crippen LogP) is 1.19.